The van der Waals surface area contributed by atoms with Crippen LogP contribution in [-0.2, 0) is 11.3 Å². The van der Waals surface area contributed by atoms with Crippen molar-refractivity contribution >= 4 is 17.1 Å². The molecule has 1 aliphatic rings. The second-order valence-electron chi connectivity index (χ2n) is 6.17. The van der Waals surface area contributed by atoms with Crippen molar-refractivity contribution in [3.63, 3.8) is 0 Å². The zero-order valence-electron chi connectivity index (χ0n) is 13.8. The summed E-state index contributed by atoms with van der Waals surface area (Å²) in [6.07, 6.45) is 2.57. The molecule has 3 aromatic rings. The van der Waals surface area contributed by atoms with Crippen LogP contribution in [0.25, 0.3) is 11.2 Å². The van der Waals surface area contributed by atoms with Gasteiger partial charge in [0.1, 0.15) is 11.6 Å². The number of nitrogen functional groups attached to an aromatic ring is 1. The summed E-state index contributed by atoms with van der Waals surface area (Å²) in [5.74, 6) is 0.0102. The molecule has 4 heterocycles. The first kappa shape index (κ1) is 16.6. The van der Waals surface area contributed by atoms with Gasteiger partial charge < -0.3 is 20.7 Å². The van der Waals surface area contributed by atoms with Crippen molar-refractivity contribution in [3.05, 3.63) is 46.8 Å². The molecular formula is C16H18N6O4. The summed E-state index contributed by atoms with van der Waals surface area (Å²) in [4.78, 5) is 25.3. The molecule has 3 aromatic heterocycles. The molecule has 0 radical (unpaired) electrons. The summed E-state index contributed by atoms with van der Waals surface area (Å²) in [6, 6.07) is 3.63. The summed E-state index contributed by atoms with van der Waals surface area (Å²) >= 11 is 0. The van der Waals surface area contributed by atoms with Crippen LogP contribution >= 0.6 is 0 Å². The smallest absolute Gasteiger partial charge is 0.332 e. The maximum atomic E-state index is 13.1. The zero-order valence-corrected chi connectivity index (χ0v) is 13.8. The van der Waals surface area contributed by atoms with Gasteiger partial charge in [-0.3, -0.25) is 9.55 Å². The highest BCUT2D eigenvalue weighted by Crippen LogP contribution is 2.30. The molecule has 0 aliphatic carbocycles. The van der Waals surface area contributed by atoms with Gasteiger partial charge >= 0.3 is 5.69 Å². The number of aliphatic hydroxyl groups excluding tert-OH is 2. The van der Waals surface area contributed by atoms with Gasteiger partial charge in [-0.25, -0.2) is 14.3 Å². The number of aromatic nitrogens is 5. The lowest BCUT2D eigenvalue weighted by atomic mass is 10.2. The summed E-state index contributed by atoms with van der Waals surface area (Å²) in [6.45, 7) is 0.0173. The number of imidazole rings is 1. The van der Waals surface area contributed by atoms with Crippen molar-refractivity contribution in [1.29, 1.82) is 0 Å². The first-order valence-corrected chi connectivity index (χ1v) is 8.15. The molecule has 136 valence electrons. The Morgan fingerprint density at radius 1 is 1.38 bits per heavy atom. The lowest BCUT2D eigenvalue weighted by Crippen LogP contribution is -2.32. The van der Waals surface area contributed by atoms with Gasteiger partial charge in [-0.15, -0.1) is 0 Å². The van der Waals surface area contributed by atoms with Crippen LogP contribution in [0.3, 0.4) is 0 Å². The molecule has 4 N–H and O–H groups in total. The van der Waals surface area contributed by atoms with Crippen molar-refractivity contribution in [2.24, 2.45) is 0 Å². The molecule has 0 spiro atoms. The Labute approximate surface area is 147 Å². The molecule has 1 aliphatic heterocycles. The maximum Gasteiger partial charge on any atom is 0.332 e. The van der Waals surface area contributed by atoms with Crippen molar-refractivity contribution in [2.45, 2.75) is 31.4 Å². The Balaban J connectivity index is 1.86. The molecular weight excluding hydrogens is 340 g/mol. The topological polar surface area (TPSA) is 141 Å². The van der Waals surface area contributed by atoms with Crippen LogP contribution < -0.4 is 11.4 Å². The SMILES string of the molecule is Nc1ncc2c(n1)n([C@@H]1O[C@H](CO)C[C@H]1O)c(=O)n2Cc1cccnc1. The molecule has 0 aromatic carbocycles. The lowest BCUT2D eigenvalue weighted by molar-refractivity contribution is -0.0505. The maximum absolute atomic E-state index is 13.1. The number of rotatable bonds is 4. The summed E-state index contributed by atoms with van der Waals surface area (Å²) in [5, 5.41) is 19.6. The first-order chi connectivity index (χ1) is 12.6. The van der Waals surface area contributed by atoms with Gasteiger partial charge in [0, 0.05) is 18.8 Å². The number of nitrogens with two attached hydrogens (primary N) is 1. The van der Waals surface area contributed by atoms with E-state index in [9.17, 15) is 15.0 Å². The fourth-order valence-electron chi connectivity index (χ4n) is 3.21. The predicted octanol–water partition coefficient (Wildman–Crippen LogP) is -0.741. The molecule has 0 amide bonds. The van der Waals surface area contributed by atoms with Gasteiger partial charge in [0.25, 0.3) is 0 Å². The van der Waals surface area contributed by atoms with E-state index in [2.05, 4.69) is 15.0 Å². The molecule has 3 atom stereocenters. The minimum absolute atomic E-state index is 0.0102. The zero-order chi connectivity index (χ0) is 18.3. The molecule has 0 bridgehead atoms. The van der Waals surface area contributed by atoms with E-state index in [0.29, 0.717) is 5.52 Å². The highest BCUT2D eigenvalue weighted by atomic mass is 16.5. The van der Waals surface area contributed by atoms with E-state index < -0.39 is 24.1 Å². The monoisotopic (exact) mass is 358 g/mol. The average Bonchev–Trinajstić information content (AvgIpc) is 3.13. The minimum Gasteiger partial charge on any atom is -0.394 e. The second kappa shape index (κ2) is 6.48. The third kappa shape index (κ3) is 2.73. The molecule has 0 unspecified atom stereocenters. The van der Waals surface area contributed by atoms with Gasteiger partial charge in [0.15, 0.2) is 11.9 Å². The van der Waals surface area contributed by atoms with Crippen LogP contribution in [0.2, 0.25) is 0 Å². The molecule has 10 heteroatoms. The van der Waals surface area contributed by atoms with Gasteiger partial charge in [0.05, 0.1) is 25.5 Å². The largest absolute Gasteiger partial charge is 0.394 e. The van der Waals surface area contributed by atoms with Crippen LogP contribution in [0.5, 0.6) is 0 Å². The minimum atomic E-state index is -0.952. The number of fused-ring (bicyclic) bond motifs is 1. The van der Waals surface area contributed by atoms with Crippen LogP contribution in [0.1, 0.15) is 18.2 Å². The van der Waals surface area contributed by atoms with Crippen LogP contribution in [0.4, 0.5) is 5.95 Å². The Bertz CT molecular complexity index is 986. The van der Waals surface area contributed by atoms with Crippen molar-refractivity contribution in [1.82, 2.24) is 24.1 Å². The fourth-order valence-corrected chi connectivity index (χ4v) is 3.21. The van der Waals surface area contributed by atoms with Crippen LogP contribution in [-0.4, -0.2) is 53.1 Å². The number of hydrogen-bond acceptors (Lipinski definition) is 8. The summed E-state index contributed by atoms with van der Waals surface area (Å²) in [5.41, 5.74) is 6.85. The number of ether oxygens (including phenoxy) is 1. The summed E-state index contributed by atoms with van der Waals surface area (Å²) in [7, 11) is 0. The van der Waals surface area contributed by atoms with Gasteiger partial charge in [-0.2, -0.15) is 4.98 Å². The van der Waals surface area contributed by atoms with E-state index in [1.165, 1.54) is 15.3 Å². The van der Waals surface area contributed by atoms with Crippen molar-refractivity contribution in [2.75, 3.05) is 12.3 Å². The molecule has 10 nitrogen and oxygen atoms in total. The fraction of sp³-hybridized carbons (Fsp3) is 0.375. The third-order valence-electron chi connectivity index (χ3n) is 4.41. The number of hydrogen-bond donors (Lipinski definition) is 3. The van der Waals surface area contributed by atoms with E-state index in [-0.39, 0.29) is 31.2 Å². The van der Waals surface area contributed by atoms with Gasteiger partial charge in [-0.1, -0.05) is 6.07 Å². The van der Waals surface area contributed by atoms with E-state index in [4.69, 9.17) is 10.5 Å². The van der Waals surface area contributed by atoms with E-state index >= 15 is 0 Å². The molecule has 0 saturated carbocycles. The Morgan fingerprint density at radius 2 is 2.23 bits per heavy atom. The molecule has 26 heavy (non-hydrogen) atoms. The molecule has 4 rings (SSSR count). The van der Waals surface area contributed by atoms with Crippen molar-refractivity contribution < 1.29 is 14.9 Å². The van der Waals surface area contributed by atoms with Crippen molar-refractivity contribution in [3.8, 4) is 0 Å². The molecule has 1 fully saturated rings. The van der Waals surface area contributed by atoms with E-state index in [1.807, 2.05) is 6.07 Å². The Morgan fingerprint density at radius 3 is 2.92 bits per heavy atom. The highest BCUT2D eigenvalue weighted by Gasteiger charge is 2.37. The standard InChI is InChI=1S/C16H18N6O4/c17-15-19-6-11-13(20-15)22(14-12(24)4-10(8-23)26-14)16(25)21(11)7-9-2-1-3-18-5-9/h1-3,5-6,10,12,14,23-24H,4,7-8H2,(H2,17,19,20)/t10-,12+,14+/m0/s1. The van der Waals surface area contributed by atoms with E-state index in [1.54, 1.807) is 18.5 Å². The number of nitrogens with zero attached hydrogens (tertiary/aromatic N) is 5. The Hall–Kier alpha value is -2.82. The molecule has 1 saturated heterocycles. The average molecular weight is 358 g/mol. The first-order valence-electron chi connectivity index (χ1n) is 8.15. The van der Waals surface area contributed by atoms with Crippen LogP contribution in [0.15, 0.2) is 35.5 Å². The highest BCUT2D eigenvalue weighted by molar-refractivity contribution is 5.72. The quantitative estimate of drug-likeness (QED) is 0.554. The van der Waals surface area contributed by atoms with Crippen LogP contribution in [0, 0.1) is 0 Å². The van der Waals surface area contributed by atoms with E-state index in [0.717, 1.165) is 5.56 Å². The Kier molecular flexibility index (Phi) is 4.15. The normalized spacial score (nSPS) is 22.9. The number of pyridine rings is 1. The lowest BCUT2D eigenvalue weighted by Gasteiger charge is -2.15. The van der Waals surface area contributed by atoms with Gasteiger partial charge in [-0.05, 0) is 11.6 Å². The van der Waals surface area contributed by atoms with Gasteiger partial charge in [0.2, 0.25) is 5.95 Å². The number of anilines is 1. The second-order valence-corrected chi connectivity index (χ2v) is 6.17. The number of aliphatic hydroxyl groups is 2. The summed E-state index contributed by atoms with van der Waals surface area (Å²) < 4.78 is 8.39. The third-order valence-corrected chi connectivity index (χ3v) is 4.41. The predicted molar refractivity (Wildman–Crippen MR) is 91.2 cm³/mol.